The summed E-state index contributed by atoms with van der Waals surface area (Å²) in [5, 5.41) is 16.5. The van der Waals surface area contributed by atoms with Crippen LogP contribution in [-0.4, -0.2) is 21.0 Å². The smallest absolute Gasteiger partial charge is 0.337 e. The molecule has 5 N–H and O–H groups in total. The first-order chi connectivity index (χ1) is 9.49. The summed E-state index contributed by atoms with van der Waals surface area (Å²) in [4.78, 5) is 27.2. The van der Waals surface area contributed by atoms with Crippen LogP contribution >= 0.6 is 12.2 Å². The van der Waals surface area contributed by atoms with E-state index in [-0.39, 0.29) is 27.5 Å². The Kier molecular flexibility index (Phi) is 3.71. The molecule has 1 aromatic heterocycles. The van der Waals surface area contributed by atoms with Crippen LogP contribution < -0.4 is 11.3 Å². The normalized spacial score (nSPS) is 10.8. The molecule has 1 aromatic carbocycles. The second-order valence-electron chi connectivity index (χ2n) is 3.69. The number of benzene rings is 1. The van der Waals surface area contributed by atoms with Crippen LogP contribution in [0.1, 0.15) is 10.4 Å². The summed E-state index contributed by atoms with van der Waals surface area (Å²) in [5.41, 5.74) is 4.87. The number of rotatable bonds is 3. The summed E-state index contributed by atoms with van der Waals surface area (Å²) in [6.07, 6.45) is 0. The second-order valence-corrected chi connectivity index (χ2v) is 4.10. The van der Waals surface area contributed by atoms with E-state index in [4.69, 9.17) is 23.1 Å². The number of hydrogen-bond acceptors (Lipinski definition) is 6. The fourth-order valence-corrected chi connectivity index (χ4v) is 1.60. The fourth-order valence-electron chi connectivity index (χ4n) is 1.41. The highest BCUT2D eigenvalue weighted by Gasteiger charge is 2.09. The molecule has 0 atom stereocenters. The van der Waals surface area contributed by atoms with Gasteiger partial charge in [0.25, 0.3) is 5.56 Å². The Morgan fingerprint density at radius 1 is 1.25 bits per heavy atom. The number of carboxylic acids is 1. The standard InChI is InChI=1S/C11H9N5O3S/c12-7-8(13-11(20)14-9(7)17)16-15-6-4-2-1-3-5(6)10(18)19/h1-4H,12H2,(H,18,19)(H2,13,14,17,20). The van der Waals surface area contributed by atoms with E-state index in [2.05, 4.69) is 20.2 Å². The van der Waals surface area contributed by atoms with Crippen molar-refractivity contribution in [1.82, 2.24) is 9.97 Å². The van der Waals surface area contributed by atoms with Crippen molar-refractivity contribution in [1.29, 1.82) is 0 Å². The Morgan fingerprint density at radius 3 is 2.65 bits per heavy atom. The first-order valence-corrected chi connectivity index (χ1v) is 5.76. The van der Waals surface area contributed by atoms with Crippen molar-refractivity contribution in [2.75, 3.05) is 5.73 Å². The third-order valence-corrected chi connectivity index (χ3v) is 2.56. The summed E-state index contributed by atoms with van der Waals surface area (Å²) in [6, 6.07) is 6.05. The molecule has 0 fully saturated rings. The minimum absolute atomic E-state index is 0.0155. The van der Waals surface area contributed by atoms with Gasteiger partial charge in [-0.05, 0) is 24.4 Å². The van der Waals surface area contributed by atoms with Crippen molar-refractivity contribution in [2.45, 2.75) is 0 Å². The molecule has 0 saturated heterocycles. The van der Waals surface area contributed by atoms with Crippen LogP contribution in [-0.2, 0) is 0 Å². The number of hydrogen-bond donors (Lipinski definition) is 4. The number of nitrogen functional groups attached to an aromatic ring is 1. The summed E-state index contributed by atoms with van der Waals surface area (Å²) in [7, 11) is 0. The molecule has 0 aliphatic rings. The molecule has 0 aliphatic heterocycles. The predicted molar refractivity (Wildman–Crippen MR) is 74.2 cm³/mol. The van der Waals surface area contributed by atoms with Gasteiger partial charge in [-0.2, -0.15) is 0 Å². The van der Waals surface area contributed by atoms with Gasteiger partial charge in [-0.15, -0.1) is 10.2 Å². The van der Waals surface area contributed by atoms with Crippen molar-refractivity contribution in [3.63, 3.8) is 0 Å². The highest BCUT2D eigenvalue weighted by molar-refractivity contribution is 7.71. The molecule has 2 aromatic rings. The molecule has 0 bridgehead atoms. The maximum atomic E-state index is 11.4. The van der Waals surface area contributed by atoms with Crippen LogP contribution in [0.15, 0.2) is 39.3 Å². The number of aromatic amines is 2. The molecule has 0 aliphatic carbocycles. The molecule has 0 radical (unpaired) electrons. The van der Waals surface area contributed by atoms with Crippen molar-refractivity contribution >= 4 is 35.4 Å². The lowest BCUT2D eigenvalue weighted by molar-refractivity contribution is 0.0698. The predicted octanol–water partition coefficient (Wildman–Crippen LogP) is 2.13. The summed E-state index contributed by atoms with van der Waals surface area (Å²) >= 11 is 4.78. The van der Waals surface area contributed by atoms with Gasteiger partial charge >= 0.3 is 5.97 Å². The van der Waals surface area contributed by atoms with Crippen molar-refractivity contribution in [3.8, 4) is 0 Å². The number of nitrogens with one attached hydrogen (secondary N) is 2. The first-order valence-electron chi connectivity index (χ1n) is 5.35. The zero-order valence-electron chi connectivity index (χ0n) is 9.95. The molecule has 102 valence electrons. The van der Waals surface area contributed by atoms with E-state index >= 15 is 0 Å². The number of aromatic carboxylic acids is 1. The van der Waals surface area contributed by atoms with E-state index in [0.29, 0.717) is 0 Å². The Morgan fingerprint density at radius 2 is 1.95 bits per heavy atom. The van der Waals surface area contributed by atoms with Gasteiger partial charge in [-0.25, -0.2) is 4.79 Å². The van der Waals surface area contributed by atoms with Gasteiger partial charge in [-0.3, -0.25) is 9.78 Å². The van der Waals surface area contributed by atoms with Gasteiger partial charge in [0.2, 0.25) is 0 Å². The number of azo groups is 1. The van der Waals surface area contributed by atoms with Crippen molar-refractivity contribution < 1.29 is 9.90 Å². The molecule has 9 heteroatoms. The molecule has 1 heterocycles. The number of anilines is 1. The van der Waals surface area contributed by atoms with E-state index in [0.717, 1.165) is 0 Å². The molecule has 2 rings (SSSR count). The third-order valence-electron chi connectivity index (χ3n) is 2.35. The van der Waals surface area contributed by atoms with E-state index in [1.54, 1.807) is 12.1 Å². The average Bonchev–Trinajstić information content (AvgIpc) is 2.41. The molecule has 0 saturated carbocycles. The molecular formula is C11H9N5O3S. The highest BCUT2D eigenvalue weighted by atomic mass is 32.1. The lowest BCUT2D eigenvalue weighted by Gasteiger charge is -2.00. The van der Waals surface area contributed by atoms with Crippen LogP contribution in [0, 0.1) is 4.77 Å². The third kappa shape index (κ3) is 2.78. The Hall–Kier alpha value is -2.81. The van der Waals surface area contributed by atoms with E-state index in [1.165, 1.54) is 12.1 Å². The van der Waals surface area contributed by atoms with Crippen molar-refractivity contribution in [2.24, 2.45) is 10.2 Å². The fraction of sp³-hybridized carbons (Fsp3) is 0. The van der Waals surface area contributed by atoms with Crippen LogP contribution in [0.4, 0.5) is 17.2 Å². The van der Waals surface area contributed by atoms with Crippen LogP contribution in [0.3, 0.4) is 0 Å². The summed E-state index contributed by atoms with van der Waals surface area (Å²) < 4.78 is 0.0460. The Balaban J connectivity index is 2.48. The van der Waals surface area contributed by atoms with Gasteiger partial charge < -0.3 is 15.8 Å². The maximum absolute atomic E-state index is 11.4. The molecular weight excluding hydrogens is 282 g/mol. The quantitative estimate of drug-likeness (QED) is 0.507. The van der Waals surface area contributed by atoms with Crippen LogP contribution in [0.25, 0.3) is 0 Å². The van der Waals surface area contributed by atoms with Crippen LogP contribution in [0.5, 0.6) is 0 Å². The van der Waals surface area contributed by atoms with Gasteiger partial charge in [0.1, 0.15) is 11.4 Å². The zero-order valence-corrected chi connectivity index (χ0v) is 10.8. The second kappa shape index (κ2) is 5.45. The lowest BCUT2D eigenvalue weighted by atomic mass is 10.2. The van der Waals surface area contributed by atoms with Gasteiger partial charge in [0.15, 0.2) is 10.6 Å². The maximum Gasteiger partial charge on any atom is 0.337 e. The van der Waals surface area contributed by atoms with Gasteiger partial charge in [0, 0.05) is 0 Å². The minimum atomic E-state index is -1.13. The number of aromatic nitrogens is 2. The van der Waals surface area contributed by atoms with E-state index in [9.17, 15) is 9.59 Å². The molecule has 0 spiro atoms. The molecule has 8 nitrogen and oxygen atoms in total. The van der Waals surface area contributed by atoms with Gasteiger partial charge in [0.05, 0.1) is 5.56 Å². The zero-order chi connectivity index (χ0) is 14.7. The van der Waals surface area contributed by atoms with E-state index in [1.807, 2.05) is 0 Å². The van der Waals surface area contributed by atoms with E-state index < -0.39 is 11.5 Å². The molecule has 20 heavy (non-hydrogen) atoms. The number of nitrogens with zero attached hydrogens (tertiary/aromatic N) is 2. The number of carbonyl (C=O) groups is 1. The van der Waals surface area contributed by atoms with Crippen LogP contribution in [0.2, 0.25) is 0 Å². The number of nitrogens with two attached hydrogens (primary N) is 1. The number of carboxylic acid groups (broad SMARTS) is 1. The Labute approximate surface area is 117 Å². The SMILES string of the molecule is Nc1c(N=Nc2ccccc2C(=O)O)[nH]c(=S)[nH]c1=O. The monoisotopic (exact) mass is 291 g/mol. The lowest BCUT2D eigenvalue weighted by Crippen LogP contribution is -2.12. The Bertz CT molecular complexity index is 808. The summed E-state index contributed by atoms with van der Waals surface area (Å²) in [6.45, 7) is 0. The molecule has 0 unspecified atom stereocenters. The average molecular weight is 291 g/mol. The molecule has 0 amide bonds. The highest BCUT2D eigenvalue weighted by Crippen LogP contribution is 2.22. The topological polar surface area (TPSA) is 137 Å². The summed E-state index contributed by atoms with van der Waals surface area (Å²) in [5.74, 6) is -1.16. The number of H-pyrrole nitrogens is 2. The minimum Gasteiger partial charge on any atom is -0.478 e. The first kappa shape index (κ1) is 13.6. The van der Waals surface area contributed by atoms with Crippen molar-refractivity contribution in [3.05, 3.63) is 45.0 Å². The largest absolute Gasteiger partial charge is 0.478 e. The van der Waals surface area contributed by atoms with Gasteiger partial charge in [-0.1, -0.05) is 12.1 Å².